The predicted molar refractivity (Wildman–Crippen MR) is 381 cm³/mol. The van der Waals surface area contributed by atoms with Gasteiger partial charge in [-0.05, 0) is 151 Å². The van der Waals surface area contributed by atoms with E-state index in [2.05, 4.69) is 189 Å². The number of anilines is 12. The molecule has 0 aliphatic heterocycles. The van der Waals surface area contributed by atoms with E-state index in [-0.39, 0.29) is 6.61 Å². The van der Waals surface area contributed by atoms with Crippen LogP contribution in [0.1, 0.15) is 5.56 Å². The Kier molecular flexibility index (Phi) is 17.0. The first-order valence-electron chi connectivity index (χ1n) is 30.9. The molecular formula is C82H64N8O4. The van der Waals surface area contributed by atoms with Gasteiger partial charge in [-0.1, -0.05) is 152 Å². The van der Waals surface area contributed by atoms with Crippen molar-refractivity contribution >= 4 is 79.5 Å². The molecule has 0 atom stereocenters. The fourth-order valence-electron chi connectivity index (χ4n) is 11.9. The zero-order valence-corrected chi connectivity index (χ0v) is 52.0. The van der Waals surface area contributed by atoms with Crippen molar-refractivity contribution in [2.24, 2.45) is 0 Å². The maximum absolute atomic E-state index is 10.2. The normalized spacial score (nSPS) is 11.0. The highest BCUT2D eigenvalue weighted by molar-refractivity contribution is 5.91. The number of methoxy groups -OCH3 is 3. The molecule has 12 nitrogen and oxygen atoms in total. The quantitative estimate of drug-likeness (QED) is 0.0784. The van der Waals surface area contributed by atoms with Crippen molar-refractivity contribution in [2.45, 2.75) is 6.61 Å². The molecule has 94 heavy (non-hydrogen) atoms. The van der Waals surface area contributed by atoms with Gasteiger partial charge in [0.1, 0.15) is 17.2 Å². The summed E-state index contributed by atoms with van der Waals surface area (Å²) in [5.74, 6) is 2.25. The van der Waals surface area contributed by atoms with Crippen molar-refractivity contribution in [2.75, 3.05) is 40.9 Å². The van der Waals surface area contributed by atoms with E-state index in [9.17, 15) is 5.11 Å². The highest BCUT2D eigenvalue weighted by atomic mass is 16.5. The number of aliphatic hydroxyl groups excluding tert-OH is 1. The van der Waals surface area contributed by atoms with Crippen LogP contribution >= 0.6 is 0 Å². The Balaban J connectivity index is 0.949. The zero-order valence-electron chi connectivity index (χ0n) is 52.0. The van der Waals surface area contributed by atoms with Crippen LogP contribution in [0.15, 0.2) is 315 Å². The molecule has 0 fully saturated rings. The van der Waals surface area contributed by atoms with Crippen LogP contribution in [0.5, 0.6) is 17.2 Å². The highest BCUT2D eigenvalue weighted by Gasteiger charge is 2.24. The maximum atomic E-state index is 10.2. The van der Waals surface area contributed by atoms with Crippen LogP contribution in [0, 0.1) is 0 Å². The molecule has 0 unspecified atom stereocenters. The Bertz CT molecular complexity index is 4280. The Morgan fingerprint density at radius 2 is 0.468 bits per heavy atom. The lowest BCUT2D eigenvalue weighted by Crippen LogP contribution is -2.10. The number of fused-ring (bicyclic) bond motifs is 1. The highest BCUT2D eigenvalue weighted by Crippen LogP contribution is 2.44. The van der Waals surface area contributed by atoms with E-state index >= 15 is 0 Å². The van der Waals surface area contributed by atoms with Crippen LogP contribution in [0.2, 0.25) is 0 Å². The average Bonchev–Trinajstić information content (AvgIpc) is 0.794. The molecule has 14 aromatic rings. The minimum atomic E-state index is -0.0789. The fraction of sp³-hybridized carbons (Fsp3) is 0.0488. The van der Waals surface area contributed by atoms with E-state index in [1.165, 1.54) is 0 Å². The Morgan fingerprint density at radius 1 is 0.245 bits per heavy atom. The molecule has 0 amide bonds. The molecule has 14 rings (SSSR count). The zero-order chi connectivity index (χ0) is 63.7. The van der Waals surface area contributed by atoms with E-state index in [0.717, 1.165) is 113 Å². The maximum Gasteiger partial charge on any atom is 0.199 e. The van der Waals surface area contributed by atoms with Gasteiger partial charge in [-0.15, -0.1) is 0 Å². The molecule has 2 heterocycles. The van der Waals surface area contributed by atoms with Crippen molar-refractivity contribution in [3.05, 3.63) is 321 Å². The Labute approximate surface area is 546 Å². The van der Waals surface area contributed by atoms with Crippen LogP contribution in [0.25, 0.3) is 56.3 Å². The van der Waals surface area contributed by atoms with Gasteiger partial charge >= 0.3 is 0 Å². The molecule has 0 saturated heterocycles. The van der Waals surface area contributed by atoms with Crippen LogP contribution in [0.3, 0.4) is 0 Å². The monoisotopic (exact) mass is 1220 g/mol. The number of nitrogens with zero attached hydrogens (tertiary/aromatic N) is 8. The summed E-state index contributed by atoms with van der Waals surface area (Å²) in [7, 11) is 5.05. The van der Waals surface area contributed by atoms with Crippen LogP contribution in [0.4, 0.5) is 68.2 Å². The number of ether oxygens (including phenoxy) is 3. The molecule has 0 spiro atoms. The molecule has 0 aliphatic carbocycles. The number of rotatable bonds is 20. The topological polar surface area (TPSA) is 112 Å². The standard InChI is InChI=1S/C82H64N8O4/c1-92-74-33-17-30-71(53-74)88(63-23-10-5-11-24-63)67-46-38-59(39-47-67)78-77(58-36-44-66(45-37-58)87(62-21-8-4-9-22-62)70-29-16-20-57(52-70)56-91)83-81-82(84-78)86-80(61-42-50-69(51-43-61)90(65-27-14-7-15-28-65)73-32-19-35-76(55-73)94-3)79(85-81)60-40-48-68(49-41-60)89(64-25-12-6-13-26-64)72-31-18-34-75(54-72)93-2/h4-55,91H,56H2,1-3H3. The third-order valence-corrected chi connectivity index (χ3v) is 16.5. The van der Waals surface area contributed by atoms with Crippen molar-refractivity contribution in [3.63, 3.8) is 0 Å². The van der Waals surface area contributed by atoms with E-state index < -0.39 is 0 Å². The molecule has 2 aromatic heterocycles. The van der Waals surface area contributed by atoms with E-state index in [1.54, 1.807) is 21.3 Å². The van der Waals surface area contributed by atoms with Gasteiger partial charge in [0.25, 0.3) is 0 Å². The van der Waals surface area contributed by atoms with Crippen LogP contribution in [-0.4, -0.2) is 46.4 Å². The molecule has 0 radical (unpaired) electrons. The first-order chi connectivity index (χ1) is 46.4. The van der Waals surface area contributed by atoms with Crippen molar-refractivity contribution in [1.29, 1.82) is 0 Å². The summed E-state index contributed by atoms with van der Waals surface area (Å²) in [6.45, 7) is -0.0789. The van der Waals surface area contributed by atoms with Gasteiger partial charge < -0.3 is 38.9 Å². The number of para-hydroxylation sites is 4. The molecule has 456 valence electrons. The molecule has 12 heteroatoms. The second-order valence-corrected chi connectivity index (χ2v) is 22.3. The number of hydrogen-bond acceptors (Lipinski definition) is 12. The lowest BCUT2D eigenvalue weighted by atomic mass is 10.0. The fourth-order valence-corrected chi connectivity index (χ4v) is 11.9. The van der Waals surface area contributed by atoms with Crippen molar-refractivity contribution in [3.8, 4) is 62.3 Å². The number of aromatic nitrogens is 4. The lowest BCUT2D eigenvalue weighted by Gasteiger charge is -2.26. The van der Waals surface area contributed by atoms with Crippen LogP contribution < -0.4 is 33.8 Å². The molecule has 1 N–H and O–H groups in total. The average molecular weight is 1230 g/mol. The van der Waals surface area contributed by atoms with Gasteiger partial charge in [0, 0.05) is 109 Å². The second kappa shape index (κ2) is 27.0. The lowest BCUT2D eigenvalue weighted by molar-refractivity contribution is 0.282. The molecule has 0 saturated carbocycles. The second-order valence-electron chi connectivity index (χ2n) is 22.3. The van der Waals surface area contributed by atoms with Crippen LogP contribution in [-0.2, 0) is 6.61 Å². The largest absolute Gasteiger partial charge is 0.497 e. The Hall–Kier alpha value is -12.4. The van der Waals surface area contributed by atoms with Gasteiger partial charge in [-0.25, -0.2) is 19.9 Å². The first-order valence-corrected chi connectivity index (χ1v) is 30.9. The van der Waals surface area contributed by atoms with Gasteiger partial charge in [0.15, 0.2) is 11.3 Å². The Morgan fingerprint density at radius 3 is 0.713 bits per heavy atom. The minimum absolute atomic E-state index is 0.0789. The summed E-state index contributed by atoms with van der Waals surface area (Å²) in [6, 6.07) is 107. The van der Waals surface area contributed by atoms with E-state index in [0.29, 0.717) is 34.1 Å². The third-order valence-electron chi connectivity index (χ3n) is 16.5. The van der Waals surface area contributed by atoms with Gasteiger partial charge in [-0.3, -0.25) is 0 Å². The van der Waals surface area contributed by atoms with E-state index in [4.69, 9.17) is 34.1 Å². The minimum Gasteiger partial charge on any atom is -0.497 e. The summed E-state index contributed by atoms with van der Waals surface area (Å²) in [4.78, 5) is 31.0. The SMILES string of the molecule is COc1cccc(N(c2ccccc2)c2ccc(-c3nc4nc(-c5ccc(N(c6ccccc6)c6cccc(OC)c6)cc5)c(-c5ccc(N(c6ccccc6)c6cccc(OC)c6)cc5)nc4nc3-c3ccc(N(c4ccccc4)c4cccc(CO)c4)cc3)cc2)c1. The third kappa shape index (κ3) is 12.4. The number of hydrogen-bond donors (Lipinski definition) is 1. The van der Waals surface area contributed by atoms with E-state index in [1.807, 2.05) is 146 Å². The molecule has 0 bridgehead atoms. The molecule has 12 aromatic carbocycles. The van der Waals surface area contributed by atoms with Gasteiger partial charge in [0.05, 0.1) is 50.7 Å². The number of benzene rings is 12. The number of aliphatic hydroxyl groups is 1. The van der Waals surface area contributed by atoms with Gasteiger partial charge in [-0.2, -0.15) is 0 Å². The molecular weight excluding hydrogens is 1160 g/mol. The van der Waals surface area contributed by atoms with Crippen molar-refractivity contribution in [1.82, 2.24) is 19.9 Å². The summed E-state index contributed by atoms with van der Waals surface area (Å²) in [5.41, 5.74) is 18.8. The van der Waals surface area contributed by atoms with Crippen molar-refractivity contribution < 1.29 is 19.3 Å². The summed E-state index contributed by atoms with van der Waals surface area (Å²) < 4.78 is 17.2. The predicted octanol–water partition coefficient (Wildman–Crippen LogP) is 20.5. The summed E-state index contributed by atoms with van der Waals surface area (Å²) >= 11 is 0. The smallest absolute Gasteiger partial charge is 0.199 e. The van der Waals surface area contributed by atoms with Gasteiger partial charge in [0.2, 0.25) is 0 Å². The first kappa shape index (κ1) is 59.3. The summed E-state index contributed by atoms with van der Waals surface area (Å²) in [6.07, 6.45) is 0. The summed E-state index contributed by atoms with van der Waals surface area (Å²) in [5, 5.41) is 10.2. The molecule has 0 aliphatic rings.